The third-order valence-electron chi connectivity index (χ3n) is 2.58. The van der Waals surface area contributed by atoms with Crippen LogP contribution in [0.1, 0.15) is 40.2 Å². The van der Waals surface area contributed by atoms with E-state index in [1.807, 2.05) is 26.0 Å². The summed E-state index contributed by atoms with van der Waals surface area (Å²) >= 11 is 0. The van der Waals surface area contributed by atoms with E-state index in [0.29, 0.717) is 18.9 Å². The van der Waals surface area contributed by atoms with Gasteiger partial charge in [0.05, 0.1) is 13.2 Å². The number of halogens is 1. The SMILES string of the molecule is CCNC(=NCc1ccc(O)c(OCC)c1)NC(C)(C)C.I. The fourth-order valence-corrected chi connectivity index (χ4v) is 1.76. The zero-order valence-corrected chi connectivity index (χ0v) is 16.4. The first-order valence-corrected chi connectivity index (χ1v) is 7.37. The first-order valence-electron chi connectivity index (χ1n) is 7.37. The molecule has 0 unspecified atom stereocenters. The van der Waals surface area contributed by atoms with Gasteiger partial charge in [0.15, 0.2) is 17.5 Å². The smallest absolute Gasteiger partial charge is 0.191 e. The molecule has 0 atom stereocenters. The molecule has 3 N–H and O–H groups in total. The Morgan fingerprint density at radius 1 is 1.27 bits per heavy atom. The summed E-state index contributed by atoms with van der Waals surface area (Å²) in [5, 5.41) is 16.3. The van der Waals surface area contributed by atoms with E-state index in [9.17, 15) is 5.11 Å². The molecule has 1 rings (SSSR count). The van der Waals surface area contributed by atoms with Crippen LogP contribution in [0.25, 0.3) is 0 Å². The summed E-state index contributed by atoms with van der Waals surface area (Å²) in [4.78, 5) is 4.56. The lowest BCUT2D eigenvalue weighted by Crippen LogP contribution is -2.47. The standard InChI is InChI=1S/C16H27N3O2.HI/c1-6-17-15(19-16(3,4)5)18-11-12-8-9-13(20)14(10-12)21-7-2;/h8-10,20H,6-7,11H2,1-5H3,(H2,17,18,19);1H. The minimum Gasteiger partial charge on any atom is -0.504 e. The molecule has 0 aliphatic rings. The Balaban J connectivity index is 0.00000441. The van der Waals surface area contributed by atoms with Gasteiger partial charge in [0.2, 0.25) is 0 Å². The molecule has 0 fully saturated rings. The fraction of sp³-hybridized carbons (Fsp3) is 0.562. The summed E-state index contributed by atoms with van der Waals surface area (Å²) in [6.07, 6.45) is 0. The molecule has 5 nitrogen and oxygen atoms in total. The first-order chi connectivity index (χ1) is 9.85. The number of rotatable bonds is 5. The van der Waals surface area contributed by atoms with Crippen LogP contribution in [0.15, 0.2) is 23.2 Å². The third-order valence-corrected chi connectivity index (χ3v) is 2.58. The molecular weight excluding hydrogens is 393 g/mol. The van der Waals surface area contributed by atoms with Crippen molar-refractivity contribution >= 4 is 29.9 Å². The van der Waals surface area contributed by atoms with Gasteiger partial charge >= 0.3 is 0 Å². The van der Waals surface area contributed by atoms with Crippen LogP contribution in [0.5, 0.6) is 11.5 Å². The number of aliphatic imine (C=N–C) groups is 1. The van der Waals surface area contributed by atoms with E-state index >= 15 is 0 Å². The summed E-state index contributed by atoms with van der Waals surface area (Å²) in [7, 11) is 0. The first kappa shape index (κ1) is 20.8. The topological polar surface area (TPSA) is 65.9 Å². The lowest BCUT2D eigenvalue weighted by Gasteiger charge is -2.23. The summed E-state index contributed by atoms with van der Waals surface area (Å²) in [6.45, 7) is 12.0. The van der Waals surface area contributed by atoms with E-state index in [0.717, 1.165) is 18.1 Å². The Morgan fingerprint density at radius 2 is 1.95 bits per heavy atom. The number of hydrogen-bond acceptors (Lipinski definition) is 3. The second kappa shape index (κ2) is 9.76. The largest absolute Gasteiger partial charge is 0.504 e. The van der Waals surface area contributed by atoms with Crippen LogP contribution in [0, 0.1) is 0 Å². The summed E-state index contributed by atoms with van der Waals surface area (Å²) in [5.41, 5.74) is 0.939. The van der Waals surface area contributed by atoms with Crippen molar-refractivity contribution < 1.29 is 9.84 Å². The number of phenolic OH excluding ortho intramolecular Hbond substituents is 1. The molecule has 0 saturated heterocycles. The third kappa shape index (κ3) is 7.72. The molecule has 1 aromatic carbocycles. The van der Waals surface area contributed by atoms with Crippen molar-refractivity contribution in [1.82, 2.24) is 10.6 Å². The predicted octanol–water partition coefficient (Wildman–Crippen LogP) is 3.26. The number of benzene rings is 1. The van der Waals surface area contributed by atoms with E-state index in [-0.39, 0.29) is 35.3 Å². The van der Waals surface area contributed by atoms with Crippen LogP contribution in [-0.2, 0) is 6.54 Å². The average molecular weight is 421 g/mol. The highest BCUT2D eigenvalue weighted by molar-refractivity contribution is 14.0. The molecule has 0 bridgehead atoms. The molecule has 1 aromatic rings. The fourth-order valence-electron chi connectivity index (χ4n) is 1.76. The monoisotopic (exact) mass is 421 g/mol. The van der Waals surface area contributed by atoms with Crippen LogP contribution in [-0.4, -0.2) is 29.8 Å². The molecule has 126 valence electrons. The van der Waals surface area contributed by atoms with Crippen LogP contribution in [0.4, 0.5) is 0 Å². The molecule has 22 heavy (non-hydrogen) atoms. The molecule has 6 heteroatoms. The minimum absolute atomic E-state index is 0. The number of hydrogen-bond donors (Lipinski definition) is 3. The van der Waals surface area contributed by atoms with Gasteiger partial charge in [-0.3, -0.25) is 0 Å². The molecule has 0 spiro atoms. The molecule has 0 saturated carbocycles. The Bertz CT molecular complexity index is 485. The number of guanidine groups is 1. The van der Waals surface area contributed by atoms with E-state index in [1.165, 1.54) is 0 Å². The second-order valence-electron chi connectivity index (χ2n) is 5.81. The number of nitrogens with one attached hydrogen (secondary N) is 2. The van der Waals surface area contributed by atoms with Gasteiger partial charge in [-0.15, -0.1) is 24.0 Å². The van der Waals surface area contributed by atoms with Crippen molar-refractivity contribution in [2.45, 2.75) is 46.7 Å². The zero-order valence-electron chi connectivity index (χ0n) is 14.1. The Labute approximate surface area is 150 Å². The zero-order chi connectivity index (χ0) is 15.9. The maximum atomic E-state index is 9.70. The molecular formula is C16H28IN3O2. The van der Waals surface area contributed by atoms with Crippen molar-refractivity contribution in [1.29, 1.82) is 0 Å². The minimum atomic E-state index is -0.0492. The lowest BCUT2D eigenvalue weighted by molar-refractivity contribution is 0.318. The number of ether oxygens (including phenoxy) is 1. The van der Waals surface area contributed by atoms with Gasteiger partial charge < -0.3 is 20.5 Å². The molecule has 0 radical (unpaired) electrons. The summed E-state index contributed by atoms with van der Waals surface area (Å²) in [5.74, 6) is 1.43. The van der Waals surface area contributed by atoms with E-state index in [1.54, 1.807) is 6.07 Å². The van der Waals surface area contributed by atoms with Crippen molar-refractivity contribution in [2.75, 3.05) is 13.2 Å². The average Bonchev–Trinajstić information content (AvgIpc) is 2.38. The lowest BCUT2D eigenvalue weighted by atomic mass is 10.1. The Morgan fingerprint density at radius 3 is 2.50 bits per heavy atom. The van der Waals surface area contributed by atoms with Gasteiger partial charge in [0.25, 0.3) is 0 Å². The highest BCUT2D eigenvalue weighted by atomic mass is 127. The second-order valence-corrected chi connectivity index (χ2v) is 5.81. The van der Waals surface area contributed by atoms with E-state index in [4.69, 9.17) is 4.74 Å². The van der Waals surface area contributed by atoms with Gasteiger partial charge in [-0.25, -0.2) is 4.99 Å². The summed E-state index contributed by atoms with van der Waals surface area (Å²) in [6, 6.07) is 5.31. The maximum absolute atomic E-state index is 9.70. The number of aromatic hydroxyl groups is 1. The highest BCUT2D eigenvalue weighted by Crippen LogP contribution is 2.27. The van der Waals surface area contributed by atoms with Crippen LogP contribution < -0.4 is 15.4 Å². The summed E-state index contributed by atoms with van der Waals surface area (Å²) < 4.78 is 5.38. The number of phenols is 1. The maximum Gasteiger partial charge on any atom is 0.191 e. The van der Waals surface area contributed by atoms with E-state index in [2.05, 4.69) is 36.4 Å². The Hall–Kier alpha value is -1.18. The quantitative estimate of drug-likeness (QED) is 0.388. The van der Waals surface area contributed by atoms with Gasteiger partial charge in [-0.05, 0) is 52.3 Å². The molecule has 0 aliphatic carbocycles. The van der Waals surface area contributed by atoms with Crippen LogP contribution in [0.3, 0.4) is 0 Å². The molecule has 0 aromatic heterocycles. The molecule has 0 aliphatic heterocycles. The highest BCUT2D eigenvalue weighted by Gasteiger charge is 2.11. The van der Waals surface area contributed by atoms with Gasteiger partial charge in [0.1, 0.15) is 0 Å². The van der Waals surface area contributed by atoms with Gasteiger partial charge in [0, 0.05) is 12.1 Å². The van der Waals surface area contributed by atoms with Crippen molar-refractivity contribution in [3.8, 4) is 11.5 Å². The van der Waals surface area contributed by atoms with E-state index < -0.39 is 0 Å². The van der Waals surface area contributed by atoms with Gasteiger partial charge in [-0.2, -0.15) is 0 Å². The van der Waals surface area contributed by atoms with Crippen LogP contribution >= 0.6 is 24.0 Å². The normalized spacial score (nSPS) is 11.6. The molecule has 0 heterocycles. The predicted molar refractivity (Wildman–Crippen MR) is 102 cm³/mol. The van der Waals surface area contributed by atoms with Crippen LogP contribution in [0.2, 0.25) is 0 Å². The molecule has 0 amide bonds. The van der Waals surface area contributed by atoms with Crippen molar-refractivity contribution in [3.63, 3.8) is 0 Å². The van der Waals surface area contributed by atoms with Crippen molar-refractivity contribution in [2.24, 2.45) is 4.99 Å². The van der Waals surface area contributed by atoms with Crippen molar-refractivity contribution in [3.05, 3.63) is 23.8 Å². The number of nitrogens with zero attached hydrogens (tertiary/aromatic N) is 1. The Kier molecular flexibility index (Phi) is 9.24. The van der Waals surface area contributed by atoms with Gasteiger partial charge in [-0.1, -0.05) is 6.07 Å².